The number of hydrogen-bond acceptors (Lipinski definition) is 5. The number of aromatic nitrogens is 2. The van der Waals surface area contributed by atoms with Crippen LogP contribution in [0.15, 0.2) is 60.8 Å². The summed E-state index contributed by atoms with van der Waals surface area (Å²) >= 11 is 0. The van der Waals surface area contributed by atoms with Crippen LogP contribution in [0.3, 0.4) is 0 Å². The number of carbonyl (C=O) groups excluding carboxylic acids is 2. The van der Waals surface area contributed by atoms with Crippen LogP contribution in [0.25, 0.3) is 11.1 Å². The maximum Gasteiger partial charge on any atom is 0.407 e. The number of nitrogens with one attached hydrogen (secondary N) is 2. The zero-order chi connectivity index (χ0) is 24.6. The second-order valence-electron chi connectivity index (χ2n) is 9.13. The lowest BCUT2D eigenvalue weighted by Gasteiger charge is -2.20. The van der Waals surface area contributed by atoms with Crippen molar-refractivity contribution >= 4 is 18.0 Å². The highest BCUT2D eigenvalue weighted by molar-refractivity contribution is 5.85. The molecule has 2 aromatic carbocycles. The minimum atomic E-state index is -1.22. The summed E-state index contributed by atoms with van der Waals surface area (Å²) in [5.41, 5.74) is 4.18. The van der Waals surface area contributed by atoms with Crippen LogP contribution in [-0.4, -0.2) is 45.0 Å². The number of aliphatic carboxylic acids is 1. The van der Waals surface area contributed by atoms with Gasteiger partial charge >= 0.3 is 12.1 Å². The number of carboxylic acid groups (broad SMARTS) is 1. The lowest BCUT2D eigenvalue weighted by atomic mass is 9.98. The summed E-state index contributed by atoms with van der Waals surface area (Å²) in [6, 6.07) is 16.5. The molecule has 3 N–H and O–H groups in total. The van der Waals surface area contributed by atoms with Gasteiger partial charge in [-0.3, -0.25) is 9.48 Å². The van der Waals surface area contributed by atoms with Crippen LogP contribution in [0.4, 0.5) is 4.79 Å². The molecular formula is C26H26N4O5. The minimum absolute atomic E-state index is 0.0289. The first-order chi connectivity index (χ1) is 16.9. The van der Waals surface area contributed by atoms with E-state index in [9.17, 15) is 19.5 Å². The van der Waals surface area contributed by atoms with Crippen molar-refractivity contribution < 1.29 is 24.2 Å². The highest BCUT2D eigenvalue weighted by Crippen LogP contribution is 2.44. The number of benzene rings is 2. The lowest BCUT2D eigenvalue weighted by molar-refractivity contribution is -0.142. The molecule has 9 nitrogen and oxygen atoms in total. The highest BCUT2D eigenvalue weighted by atomic mass is 16.5. The summed E-state index contributed by atoms with van der Waals surface area (Å²) in [7, 11) is 1.61. The Balaban J connectivity index is 1.19. The molecule has 3 aromatic rings. The maximum atomic E-state index is 12.7. The molecule has 180 valence electrons. The van der Waals surface area contributed by atoms with Gasteiger partial charge < -0.3 is 20.5 Å². The minimum Gasteiger partial charge on any atom is -0.479 e. The van der Waals surface area contributed by atoms with Crippen molar-refractivity contribution in [3.63, 3.8) is 0 Å². The average molecular weight is 475 g/mol. The van der Waals surface area contributed by atoms with Crippen LogP contribution in [0.2, 0.25) is 0 Å². The van der Waals surface area contributed by atoms with Gasteiger partial charge in [0.1, 0.15) is 6.61 Å². The van der Waals surface area contributed by atoms with E-state index in [-0.39, 0.29) is 18.9 Å². The van der Waals surface area contributed by atoms with E-state index in [1.54, 1.807) is 13.1 Å². The van der Waals surface area contributed by atoms with E-state index in [0.29, 0.717) is 18.5 Å². The molecule has 0 aliphatic heterocycles. The summed E-state index contributed by atoms with van der Waals surface area (Å²) in [6.45, 7) is 0.184. The SMILES string of the molecule is Cn1nccc1C(NC(=O)CC1(NC(=O)OCC2c3ccccc3-c3ccccc32)CC1)C(=O)O. The topological polar surface area (TPSA) is 123 Å². The fourth-order valence-electron chi connectivity index (χ4n) is 4.80. The largest absolute Gasteiger partial charge is 0.479 e. The van der Waals surface area contributed by atoms with Crippen molar-refractivity contribution in [2.45, 2.75) is 36.8 Å². The molecular weight excluding hydrogens is 448 g/mol. The van der Waals surface area contributed by atoms with Gasteiger partial charge in [-0.2, -0.15) is 5.10 Å². The number of rotatable bonds is 8. The van der Waals surface area contributed by atoms with Crippen LogP contribution >= 0.6 is 0 Å². The van der Waals surface area contributed by atoms with Crippen LogP contribution in [0.5, 0.6) is 0 Å². The summed E-state index contributed by atoms with van der Waals surface area (Å²) in [5, 5.41) is 18.9. The first-order valence-electron chi connectivity index (χ1n) is 11.5. The second kappa shape index (κ2) is 8.90. The van der Waals surface area contributed by atoms with Gasteiger partial charge in [0.25, 0.3) is 0 Å². The predicted octanol–water partition coefficient (Wildman–Crippen LogP) is 3.12. The molecule has 1 fully saturated rings. The summed E-state index contributed by atoms with van der Waals surface area (Å²) in [6.07, 6.45) is 2.10. The maximum absolute atomic E-state index is 12.7. The second-order valence-corrected chi connectivity index (χ2v) is 9.13. The Hall–Kier alpha value is -4.14. The van der Waals surface area contributed by atoms with Gasteiger partial charge in [0, 0.05) is 25.6 Å². The molecule has 0 bridgehead atoms. The quantitative estimate of drug-likeness (QED) is 0.461. The fraction of sp³-hybridized carbons (Fsp3) is 0.308. The predicted molar refractivity (Wildman–Crippen MR) is 127 cm³/mol. The van der Waals surface area contributed by atoms with Crippen molar-refractivity contribution in [3.05, 3.63) is 77.6 Å². The summed E-state index contributed by atoms with van der Waals surface area (Å²) in [5.74, 6) is -1.70. The number of aryl methyl sites for hydroxylation is 1. The van der Waals surface area contributed by atoms with Crippen molar-refractivity contribution in [2.24, 2.45) is 7.05 Å². The molecule has 2 amide bonds. The Morgan fingerprint density at radius 3 is 2.26 bits per heavy atom. The number of amides is 2. The van der Waals surface area contributed by atoms with Gasteiger partial charge in [0.15, 0.2) is 6.04 Å². The molecule has 9 heteroatoms. The van der Waals surface area contributed by atoms with E-state index in [1.807, 2.05) is 24.3 Å². The number of carboxylic acids is 1. The molecule has 35 heavy (non-hydrogen) atoms. The molecule has 0 radical (unpaired) electrons. The zero-order valence-corrected chi connectivity index (χ0v) is 19.2. The van der Waals surface area contributed by atoms with Crippen LogP contribution in [0.1, 0.15) is 48.0 Å². The number of hydrogen-bond donors (Lipinski definition) is 3. The molecule has 1 heterocycles. The van der Waals surface area contributed by atoms with Crippen molar-refractivity contribution in [1.82, 2.24) is 20.4 Å². The van der Waals surface area contributed by atoms with Crippen LogP contribution in [0, 0.1) is 0 Å². The van der Waals surface area contributed by atoms with Gasteiger partial charge in [-0.25, -0.2) is 9.59 Å². The number of alkyl carbamates (subject to hydrolysis) is 1. The number of fused-ring (bicyclic) bond motifs is 3. The third-order valence-electron chi connectivity index (χ3n) is 6.77. The zero-order valence-electron chi connectivity index (χ0n) is 19.2. The molecule has 1 unspecified atom stereocenters. The van der Waals surface area contributed by atoms with E-state index < -0.39 is 29.6 Å². The smallest absolute Gasteiger partial charge is 0.407 e. The third kappa shape index (κ3) is 4.49. The van der Waals surface area contributed by atoms with E-state index in [1.165, 1.54) is 10.9 Å². The molecule has 0 spiro atoms. The lowest BCUT2D eigenvalue weighted by Crippen LogP contribution is -2.43. The third-order valence-corrected chi connectivity index (χ3v) is 6.77. The summed E-state index contributed by atoms with van der Waals surface area (Å²) < 4.78 is 7.01. The Morgan fingerprint density at radius 2 is 1.71 bits per heavy atom. The highest BCUT2D eigenvalue weighted by Gasteiger charge is 2.47. The Labute approximate surface area is 202 Å². The average Bonchev–Trinajstić information content (AvgIpc) is 3.31. The van der Waals surface area contributed by atoms with Gasteiger partial charge in [-0.1, -0.05) is 48.5 Å². The molecule has 2 aliphatic rings. The summed E-state index contributed by atoms with van der Waals surface area (Å²) in [4.78, 5) is 37.0. The van der Waals surface area contributed by atoms with Crippen molar-refractivity contribution in [3.8, 4) is 11.1 Å². The van der Waals surface area contributed by atoms with Crippen molar-refractivity contribution in [2.75, 3.05) is 6.61 Å². The Bertz CT molecular complexity index is 1250. The molecule has 1 atom stereocenters. The van der Waals surface area contributed by atoms with Crippen molar-refractivity contribution in [1.29, 1.82) is 0 Å². The number of carbonyl (C=O) groups is 3. The molecule has 1 saturated carbocycles. The van der Waals surface area contributed by atoms with E-state index in [2.05, 4.69) is 40.0 Å². The number of ether oxygens (including phenoxy) is 1. The Morgan fingerprint density at radius 1 is 1.09 bits per heavy atom. The first-order valence-corrected chi connectivity index (χ1v) is 11.5. The van der Waals surface area contributed by atoms with Gasteiger partial charge in [0.05, 0.1) is 11.2 Å². The standard InChI is InChI=1S/C26H26N4O5/c1-30-21(10-13-27-30)23(24(32)33)28-22(31)14-26(11-12-26)29-25(34)35-15-20-18-8-4-2-6-16(18)17-7-3-5-9-19(17)20/h2-10,13,20,23H,11-12,14-15H2,1H3,(H,28,31)(H,29,34)(H,32,33). The van der Waals surface area contributed by atoms with E-state index >= 15 is 0 Å². The normalized spacial score (nSPS) is 16.0. The first kappa shape index (κ1) is 22.6. The molecule has 1 aromatic heterocycles. The molecule has 2 aliphatic carbocycles. The van der Waals surface area contributed by atoms with Crippen LogP contribution in [-0.2, 0) is 21.4 Å². The number of nitrogens with zero attached hydrogens (tertiary/aromatic N) is 2. The van der Waals surface area contributed by atoms with E-state index in [4.69, 9.17) is 4.74 Å². The van der Waals surface area contributed by atoms with E-state index in [0.717, 1.165) is 22.3 Å². The van der Waals surface area contributed by atoms with Gasteiger partial charge in [0.2, 0.25) is 5.91 Å². The molecule has 5 rings (SSSR count). The fourth-order valence-corrected chi connectivity index (χ4v) is 4.80. The van der Waals surface area contributed by atoms with Crippen LogP contribution < -0.4 is 10.6 Å². The monoisotopic (exact) mass is 474 g/mol. The molecule has 0 saturated heterocycles. The van der Waals surface area contributed by atoms with Gasteiger partial charge in [-0.15, -0.1) is 0 Å². The van der Waals surface area contributed by atoms with Gasteiger partial charge in [-0.05, 0) is 41.2 Å². The Kier molecular flexibility index (Phi) is 5.76.